The molecule has 1 aliphatic carbocycles. The van der Waals surface area contributed by atoms with Gasteiger partial charge in [-0.2, -0.15) is 0 Å². The van der Waals surface area contributed by atoms with Gasteiger partial charge >= 0.3 is 5.97 Å². The third-order valence-corrected chi connectivity index (χ3v) is 8.35. The molecular formula is C24H23FN4O3S. The van der Waals surface area contributed by atoms with Crippen LogP contribution in [0.4, 0.5) is 10.1 Å². The molecule has 0 radical (unpaired) electrons. The fourth-order valence-electron chi connectivity index (χ4n) is 6.06. The van der Waals surface area contributed by atoms with Crippen LogP contribution in [-0.2, 0) is 0 Å². The average molecular weight is 467 g/mol. The van der Waals surface area contributed by atoms with Crippen LogP contribution in [-0.4, -0.2) is 49.2 Å². The van der Waals surface area contributed by atoms with E-state index < -0.39 is 17.2 Å². The highest BCUT2D eigenvalue weighted by atomic mass is 32.1. The second kappa shape index (κ2) is 7.23. The molecule has 0 bridgehead atoms. The first-order chi connectivity index (χ1) is 16.0. The van der Waals surface area contributed by atoms with Crippen molar-refractivity contribution in [3.8, 4) is 0 Å². The number of benzene rings is 1. The summed E-state index contributed by atoms with van der Waals surface area (Å²) >= 11 is 1.20. The fourth-order valence-corrected chi connectivity index (χ4v) is 7.10. The SMILES string of the molecule is CN=c1c2c(N3CC4CC=CC(CNC)C4C3)c(F)cc3c(=O)c(C(=O)O)c4scc1n4c32. The van der Waals surface area contributed by atoms with Crippen LogP contribution in [0.3, 0.4) is 0 Å². The maximum absolute atomic E-state index is 15.8. The number of carboxylic acids is 1. The Hall–Kier alpha value is -3.04. The molecular weight excluding hydrogens is 443 g/mol. The number of nitrogens with one attached hydrogen (secondary N) is 1. The summed E-state index contributed by atoms with van der Waals surface area (Å²) in [5.74, 6) is -0.563. The largest absolute Gasteiger partial charge is 0.477 e. The number of pyridine rings is 1. The van der Waals surface area contributed by atoms with Gasteiger partial charge in [-0.1, -0.05) is 12.2 Å². The van der Waals surface area contributed by atoms with Gasteiger partial charge in [0.2, 0.25) is 5.43 Å². The van der Waals surface area contributed by atoms with E-state index in [1.807, 2.05) is 7.05 Å². The molecule has 1 saturated heterocycles. The number of fused-ring (bicyclic) bond motifs is 1. The van der Waals surface area contributed by atoms with E-state index in [4.69, 9.17) is 0 Å². The van der Waals surface area contributed by atoms with Crippen LogP contribution >= 0.6 is 11.3 Å². The smallest absolute Gasteiger partial charge is 0.342 e. The van der Waals surface area contributed by atoms with Crippen molar-refractivity contribution >= 4 is 49.6 Å². The molecule has 33 heavy (non-hydrogen) atoms. The molecule has 3 aromatic heterocycles. The summed E-state index contributed by atoms with van der Waals surface area (Å²) in [6, 6.07) is 1.22. The number of rotatable bonds is 4. The van der Waals surface area contributed by atoms with Crippen molar-refractivity contribution in [2.75, 3.05) is 38.6 Å². The minimum absolute atomic E-state index is 0.0887. The number of hydrogen-bond acceptors (Lipinski definition) is 6. The topological polar surface area (TPSA) is 86.4 Å². The second-order valence-corrected chi connectivity index (χ2v) is 9.89. The van der Waals surface area contributed by atoms with Crippen molar-refractivity contribution in [2.24, 2.45) is 22.7 Å². The summed E-state index contributed by atoms with van der Waals surface area (Å²) in [6.45, 7) is 2.34. The van der Waals surface area contributed by atoms with Gasteiger partial charge in [-0.05, 0) is 37.3 Å². The molecule has 3 atom stereocenters. The van der Waals surface area contributed by atoms with Crippen molar-refractivity contribution in [3.05, 3.63) is 50.6 Å². The highest BCUT2D eigenvalue weighted by molar-refractivity contribution is 7.16. The molecule has 2 aliphatic rings. The van der Waals surface area contributed by atoms with E-state index in [1.54, 1.807) is 16.8 Å². The van der Waals surface area contributed by atoms with Gasteiger partial charge in [-0.25, -0.2) is 9.18 Å². The Bertz CT molecular complexity index is 1570. The normalized spacial score (nSPS) is 23.5. The highest BCUT2D eigenvalue weighted by Crippen LogP contribution is 2.42. The molecule has 6 rings (SSSR count). The van der Waals surface area contributed by atoms with E-state index in [0.717, 1.165) is 26.1 Å². The van der Waals surface area contributed by atoms with Gasteiger partial charge in [0.15, 0.2) is 0 Å². The van der Waals surface area contributed by atoms with E-state index in [1.165, 1.54) is 17.4 Å². The van der Waals surface area contributed by atoms with E-state index in [9.17, 15) is 14.7 Å². The highest BCUT2D eigenvalue weighted by Gasteiger charge is 2.40. The number of nitrogens with zero attached hydrogens (tertiary/aromatic N) is 3. The lowest BCUT2D eigenvalue weighted by molar-refractivity contribution is 0.0697. The molecule has 7 nitrogen and oxygen atoms in total. The molecule has 0 amide bonds. The van der Waals surface area contributed by atoms with Crippen LogP contribution in [0, 0.1) is 23.6 Å². The quantitative estimate of drug-likeness (QED) is 0.452. The number of halogens is 1. The van der Waals surface area contributed by atoms with Gasteiger partial charge in [0, 0.05) is 32.1 Å². The van der Waals surface area contributed by atoms with Gasteiger partial charge in [0.05, 0.1) is 32.9 Å². The Balaban J connectivity index is 1.63. The number of anilines is 1. The monoisotopic (exact) mass is 466 g/mol. The molecule has 3 unspecified atom stereocenters. The van der Waals surface area contributed by atoms with Gasteiger partial charge in [0.25, 0.3) is 0 Å². The molecule has 2 N–H and O–H groups in total. The number of carbonyl (C=O) groups is 1. The third-order valence-electron chi connectivity index (χ3n) is 7.40. The molecule has 9 heteroatoms. The Morgan fingerprint density at radius 2 is 2.21 bits per heavy atom. The number of aromatic carboxylic acids is 1. The van der Waals surface area contributed by atoms with Crippen molar-refractivity contribution in [1.29, 1.82) is 0 Å². The number of thiazole rings is 1. The fraction of sp³-hybridized carbons (Fsp3) is 0.375. The predicted molar refractivity (Wildman–Crippen MR) is 128 cm³/mol. The second-order valence-electron chi connectivity index (χ2n) is 9.04. The first-order valence-electron chi connectivity index (χ1n) is 11.1. The van der Waals surface area contributed by atoms with Gasteiger partial charge in [-0.3, -0.25) is 14.2 Å². The molecule has 4 heterocycles. The van der Waals surface area contributed by atoms with Crippen LogP contribution in [0.5, 0.6) is 0 Å². The molecule has 0 saturated carbocycles. The molecule has 0 spiro atoms. The predicted octanol–water partition coefficient (Wildman–Crippen LogP) is 2.76. The van der Waals surface area contributed by atoms with Crippen molar-refractivity contribution in [3.63, 3.8) is 0 Å². The lowest BCUT2D eigenvalue weighted by atomic mass is 9.78. The molecule has 1 aromatic carbocycles. The zero-order valence-electron chi connectivity index (χ0n) is 18.3. The number of hydrogen-bond donors (Lipinski definition) is 2. The summed E-state index contributed by atoms with van der Waals surface area (Å²) in [4.78, 5) is 32.0. The summed E-state index contributed by atoms with van der Waals surface area (Å²) < 4.78 is 17.6. The van der Waals surface area contributed by atoms with Crippen LogP contribution in [0.2, 0.25) is 0 Å². The maximum atomic E-state index is 15.8. The average Bonchev–Trinajstić information content (AvgIpc) is 3.47. The van der Waals surface area contributed by atoms with E-state index in [0.29, 0.717) is 50.0 Å². The van der Waals surface area contributed by atoms with Crippen LogP contribution in [0.1, 0.15) is 16.8 Å². The van der Waals surface area contributed by atoms with Crippen LogP contribution in [0.15, 0.2) is 33.4 Å². The Kier molecular flexibility index (Phi) is 4.50. The van der Waals surface area contributed by atoms with E-state index >= 15 is 4.39 Å². The summed E-state index contributed by atoms with van der Waals surface area (Å²) in [5, 5.41) is 16.1. The minimum atomic E-state index is -1.30. The Labute approximate surface area is 192 Å². The number of allylic oxidation sites excluding steroid dienone is 1. The van der Waals surface area contributed by atoms with Crippen molar-refractivity contribution in [1.82, 2.24) is 9.72 Å². The van der Waals surface area contributed by atoms with Gasteiger partial charge in [-0.15, -0.1) is 11.3 Å². The molecule has 170 valence electrons. The number of carboxylic acid groups (broad SMARTS) is 1. The zero-order chi connectivity index (χ0) is 23.0. The summed E-state index contributed by atoms with van der Waals surface area (Å²) in [5.41, 5.74) is 0.773. The first-order valence-corrected chi connectivity index (χ1v) is 11.9. The van der Waals surface area contributed by atoms with Gasteiger partial charge < -0.3 is 15.3 Å². The van der Waals surface area contributed by atoms with E-state index in [-0.39, 0.29) is 10.9 Å². The lowest BCUT2D eigenvalue weighted by Gasteiger charge is -2.28. The summed E-state index contributed by atoms with van der Waals surface area (Å²) in [6.07, 6.45) is 5.47. The first kappa shape index (κ1) is 20.6. The Morgan fingerprint density at radius 1 is 1.39 bits per heavy atom. The van der Waals surface area contributed by atoms with E-state index in [2.05, 4.69) is 27.4 Å². The molecule has 4 aromatic rings. The molecule has 1 fully saturated rings. The molecule has 1 aliphatic heterocycles. The van der Waals surface area contributed by atoms with Gasteiger partial charge in [0.1, 0.15) is 16.2 Å². The van der Waals surface area contributed by atoms with Crippen LogP contribution < -0.4 is 21.0 Å². The van der Waals surface area contributed by atoms with Crippen molar-refractivity contribution < 1.29 is 14.3 Å². The van der Waals surface area contributed by atoms with Crippen LogP contribution in [0.25, 0.3) is 26.6 Å². The lowest BCUT2D eigenvalue weighted by Crippen LogP contribution is -2.31. The third kappa shape index (κ3) is 2.66. The Morgan fingerprint density at radius 3 is 2.94 bits per heavy atom. The standard InChI is InChI=1S/C24H23FN4O3S/c1-26-7-11-4-3-5-12-8-28(9-14(11)12)21-15(25)6-13-20-17(21)19(27-2)16-10-33-23(29(16)20)18(22(13)30)24(31)32/h3-4,6,10-12,14,26H,5,7-9H2,1-2H3,(H,31,32). The van der Waals surface area contributed by atoms with Crippen molar-refractivity contribution in [2.45, 2.75) is 6.42 Å². The zero-order valence-corrected chi connectivity index (χ0v) is 19.1. The maximum Gasteiger partial charge on any atom is 0.342 e. The summed E-state index contributed by atoms with van der Waals surface area (Å²) in [7, 11) is 3.60. The minimum Gasteiger partial charge on any atom is -0.477 e. The number of aromatic nitrogens is 1.